The highest BCUT2D eigenvalue weighted by molar-refractivity contribution is 6.07. The molecular weight excluding hydrogens is 332 g/mol. The first-order valence-corrected chi connectivity index (χ1v) is 8.27. The number of aromatic amines is 1. The van der Waals surface area contributed by atoms with E-state index in [4.69, 9.17) is 0 Å². The van der Waals surface area contributed by atoms with Crippen LogP contribution in [-0.4, -0.2) is 29.6 Å². The molecule has 0 saturated heterocycles. The lowest BCUT2D eigenvalue weighted by molar-refractivity contribution is 0.102. The van der Waals surface area contributed by atoms with Gasteiger partial charge in [-0.3, -0.25) is 14.2 Å². The zero-order valence-electron chi connectivity index (χ0n) is 14.9. The Balaban J connectivity index is 2.00. The van der Waals surface area contributed by atoms with Gasteiger partial charge in [-0.1, -0.05) is 12.1 Å². The summed E-state index contributed by atoms with van der Waals surface area (Å²) >= 11 is 0. The second kappa shape index (κ2) is 6.87. The molecule has 0 unspecified atom stereocenters. The number of carbonyl (C=O) groups excluding carboxylic acids is 1. The minimum atomic E-state index is -0.486. The molecule has 0 aliphatic rings. The third-order valence-electron chi connectivity index (χ3n) is 4.19. The van der Waals surface area contributed by atoms with Crippen molar-refractivity contribution in [3.05, 3.63) is 68.9 Å². The number of nitrogens with zero attached hydrogens (tertiary/aromatic N) is 2. The first-order chi connectivity index (χ1) is 12.4. The van der Waals surface area contributed by atoms with Gasteiger partial charge in [-0.25, -0.2) is 4.79 Å². The summed E-state index contributed by atoms with van der Waals surface area (Å²) in [4.78, 5) is 41.5. The number of H-pyrrole nitrogens is 1. The summed E-state index contributed by atoms with van der Waals surface area (Å²) in [5, 5.41) is 3.24. The molecule has 3 aromatic rings. The van der Waals surface area contributed by atoms with Crippen LogP contribution in [0.2, 0.25) is 0 Å². The number of carbonyl (C=O) groups is 1. The maximum Gasteiger partial charge on any atom is 0.328 e. The minimum Gasteiger partial charge on any atom is -0.376 e. The third-order valence-corrected chi connectivity index (χ3v) is 4.19. The predicted molar refractivity (Wildman–Crippen MR) is 103 cm³/mol. The van der Waals surface area contributed by atoms with Gasteiger partial charge in [0.05, 0.1) is 22.3 Å². The molecule has 1 aromatic heterocycles. The largest absolute Gasteiger partial charge is 0.376 e. The van der Waals surface area contributed by atoms with Crippen LogP contribution in [0.15, 0.2) is 52.1 Å². The number of fused-ring (bicyclic) bond motifs is 1. The van der Waals surface area contributed by atoms with E-state index >= 15 is 0 Å². The van der Waals surface area contributed by atoms with Gasteiger partial charge in [0.1, 0.15) is 0 Å². The zero-order valence-corrected chi connectivity index (χ0v) is 14.9. The molecular formula is C19H20N4O3. The Morgan fingerprint density at radius 1 is 1.15 bits per heavy atom. The van der Waals surface area contributed by atoms with Crippen molar-refractivity contribution in [3.63, 3.8) is 0 Å². The SMILES string of the molecule is CCn1c(=O)[nH]c2cc(C(=O)Nc3ccccc3N(C)C)ccc2c1=O. The predicted octanol–water partition coefficient (Wildman–Crippen LogP) is 2.03. The lowest BCUT2D eigenvalue weighted by Crippen LogP contribution is -2.34. The van der Waals surface area contributed by atoms with Gasteiger partial charge in [-0.05, 0) is 37.3 Å². The highest BCUT2D eigenvalue weighted by atomic mass is 16.2. The molecule has 2 aromatic carbocycles. The first kappa shape index (κ1) is 17.5. The normalized spacial score (nSPS) is 10.7. The summed E-state index contributed by atoms with van der Waals surface area (Å²) in [7, 11) is 3.79. The van der Waals surface area contributed by atoms with Crippen LogP contribution in [0.25, 0.3) is 10.9 Å². The van der Waals surface area contributed by atoms with Crippen molar-refractivity contribution in [2.75, 3.05) is 24.3 Å². The average Bonchev–Trinajstić information content (AvgIpc) is 2.61. The van der Waals surface area contributed by atoms with E-state index in [0.717, 1.165) is 10.3 Å². The van der Waals surface area contributed by atoms with E-state index in [1.54, 1.807) is 19.1 Å². The monoisotopic (exact) mass is 352 g/mol. The number of aromatic nitrogens is 2. The molecule has 0 saturated carbocycles. The maximum atomic E-state index is 12.6. The van der Waals surface area contributed by atoms with Gasteiger partial charge in [0, 0.05) is 26.2 Å². The third kappa shape index (κ3) is 3.11. The average molecular weight is 352 g/mol. The Morgan fingerprint density at radius 2 is 1.88 bits per heavy atom. The summed E-state index contributed by atoms with van der Waals surface area (Å²) in [5.74, 6) is -0.318. The van der Waals surface area contributed by atoms with Crippen LogP contribution in [-0.2, 0) is 6.54 Å². The number of benzene rings is 2. The Kier molecular flexibility index (Phi) is 4.62. The van der Waals surface area contributed by atoms with Crippen molar-refractivity contribution in [3.8, 4) is 0 Å². The van der Waals surface area contributed by atoms with Crippen molar-refractivity contribution in [2.24, 2.45) is 0 Å². The number of hydrogen-bond acceptors (Lipinski definition) is 4. The first-order valence-electron chi connectivity index (χ1n) is 8.27. The number of anilines is 2. The van der Waals surface area contributed by atoms with Crippen molar-refractivity contribution in [1.29, 1.82) is 0 Å². The summed E-state index contributed by atoms with van der Waals surface area (Å²) in [6, 6.07) is 12.1. The quantitative estimate of drug-likeness (QED) is 0.752. The Hall–Kier alpha value is -3.35. The highest BCUT2D eigenvalue weighted by Gasteiger charge is 2.13. The summed E-state index contributed by atoms with van der Waals surface area (Å²) < 4.78 is 1.12. The fraction of sp³-hybridized carbons (Fsp3) is 0.211. The number of nitrogens with one attached hydrogen (secondary N) is 2. The molecule has 3 rings (SSSR count). The van der Waals surface area contributed by atoms with E-state index in [1.165, 1.54) is 6.07 Å². The van der Waals surface area contributed by atoms with Gasteiger partial charge in [0.2, 0.25) is 0 Å². The molecule has 0 spiro atoms. The summed E-state index contributed by atoms with van der Waals surface area (Å²) in [6.45, 7) is 2.01. The summed E-state index contributed by atoms with van der Waals surface area (Å²) in [5.41, 5.74) is 1.41. The van der Waals surface area contributed by atoms with Crippen LogP contribution in [0.5, 0.6) is 0 Å². The van der Waals surface area contributed by atoms with Crippen molar-refractivity contribution >= 4 is 28.2 Å². The standard InChI is InChI=1S/C19H20N4O3/c1-4-23-18(25)13-10-9-12(11-15(13)21-19(23)26)17(24)20-14-7-5-6-8-16(14)22(2)3/h5-11H,4H2,1-3H3,(H,20,24)(H,21,26). The van der Waals surface area contributed by atoms with Crippen molar-refractivity contribution in [2.45, 2.75) is 13.5 Å². The van der Waals surface area contributed by atoms with E-state index < -0.39 is 5.69 Å². The summed E-state index contributed by atoms with van der Waals surface area (Å²) in [6.07, 6.45) is 0. The van der Waals surface area contributed by atoms with E-state index in [0.29, 0.717) is 22.2 Å². The van der Waals surface area contributed by atoms with Gasteiger partial charge >= 0.3 is 5.69 Å². The van der Waals surface area contributed by atoms with Gasteiger partial charge in [0.15, 0.2) is 0 Å². The molecule has 7 heteroatoms. The molecule has 1 heterocycles. The second-order valence-electron chi connectivity index (χ2n) is 6.11. The minimum absolute atomic E-state index is 0.285. The Bertz CT molecular complexity index is 1100. The Labute approximate surface area is 149 Å². The Morgan fingerprint density at radius 3 is 2.58 bits per heavy atom. The number of amides is 1. The molecule has 0 radical (unpaired) electrons. The van der Waals surface area contributed by atoms with E-state index in [2.05, 4.69) is 10.3 Å². The van der Waals surface area contributed by atoms with Crippen LogP contribution in [0.3, 0.4) is 0 Å². The topological polar surface area (TPSA) is 87.2 Å². The molecule has 0 atom stereocenters. The second-order valence-corrected chi connectivity index (χ2v) is 6.11. The molecule has 2 N–H and O–H groups in total. The van der Waals surface area contributed by atoms with Crippen molar-refractivity contribution < 1.29 is 4.79 Å². The molecule has 7 nitrogen and oxygen atoms in total. The number of rotatable bonds is 4. The molecule has 134 valence electrons. The van der Waals surface area contributed by atoms with Gasteiger partial charge in [0.25, 0.3) is 11.5 Å². The van der Waals surface area contributed by atoms with Crippen LogP contribution >= 0.6 is 0 Å². The molecule has 0 bridgehead atoms. The molecule has 0 aliphatic carbocycles. The van der Waals surface area contributed by atoms with E-state index in [9.17, 15) is 14.4 Å². The smallest absolute Gasteiger partial charge is 0.328 e. The number of para-hydroxylation sites is 2. The molecule has 1 amide bonds. The highest BCUT2D eigenvalue weighted by Crippen LogP contribution is 2.24. The number of hydrogen-bond donors (Lipinski definition) is 2. The fourth-order valence-electron chi connectivity index (χ4n) is 2.85. The van der Waals surface area contributed by atoms with E-state index in [-0.39, 0.29) is 18.0 Å². The van der Waals surface area contributed by atoms with Crippen molar-refractivity contribution in [1.82, 2.24) is 9.55 Å². The molecule has 0 aliphatic heterocycles. The van der Waals surface area contributed by atoms with Crippen LogP contribution in [0.4, 0.5) is 11.4 Å². The molecule has 26 heavy (non-hydrogen) atoms. The van der Waals surface area contributed by atoms with Crippen LogP contribution in [0.1, 0.15) is 17.3 Å². The zero-order chi connectivity index (χ0) is 18.8. The van der Waals surface area contributed by atoms with Crippen LogP contribution < -0.4 is 21.5 Å². The molecule has 0 fully saturated rings. The van der Waals surface area contributed by atoms with Gasteiger partial charge < -0.3 is 15.2 Å². The van der Waals surface area contributed by atoms with Crippen LogP contribution in [0, 0.1) is 0 Å². The fourth-order valence-corrected chi connectivity index (χ4v) is 2.85. The maximum absolute atomic E-state index is 12.6. The van der Waals surface area contributed by atoms with E-state index in [1.807, 2.05) is 43.3 Å². The van der Waals surface area contributed by atoms with Gasteiger partial charge in [-0.2, -0.15) is 0 Å². The lowest BCUT2D eigenvalue weighted by atomic mass is 10.1. The lowest BCUT2D eigenvalue weighted by Gasteiger charge is -2.17. The van der Waals surface area contributed by atoms with Gasteiger partial charge in [-0.15, -0.1) is 0 Å².